The molecule has 0 aromatic rings. The van der Waals surface area contributed by atoms with E-state index in [4.69, 9.17) is 7.85 Å². The predicted octanol–water partition coefficient (Wildman–Crippen LogP) is 5.38. The van der Waals surface area contributed by atoms with Crippen LogP contribution >= 0.6 is 0 Å². The van der Waals surface area contributed by atoms with Crippen LogP contribution in [0.2, 0.25) is 5.82 Å². The van der Waals surface area contributed by atoms with Gasteiger partial charge in [0.05, 0.1) is 7.85 Å². The normalized spacial score (nSPS) is 30.5. The van der Waals surface area contributed by atoms with E-state index < -0.39 is 0 Å². The van der Waals surface area contributed by atoms with Crippen LogP contribution in [0.3, 0.4) is 0 Å². The van der Waals surface area contributed by atoms with E-state index >= 15 is 0 Å². The molecule has 1 aliphatic rings. The molecule has 0 aromatic carbocycles. The van der Waals surface area contributed by atoms with Crippen LogP contribution in [-0.2, 0) is 0 Å². The highest BCUT2D eigenvalue weighted by atomic mass is 14.5. The SMILES string of the molecule is CC.[B]C1CCC(C)(C(C)(C)CCC)CC1. The monoisotopic (exact) mass is 222 g/mol. The maximum absolute atomic E-state index is 5.97. The van der Waals surface area contributed by atoms with E-state index in [9.17, 15) is 0 Å². The average molecular weight is 222 g/mol. The van der Waals surface area contributed by atoms with E-state index in [0.29, 0.717) is 16.6 Å². The maximum Gasteiger partial charge on any atom is 0.0699 e. The van der Waals surface area contributed by atoms with Crippen molar-refractivity contribution in [3.05, 3.63) is 0 Å². The van der Waals surface area contributed by atoms with Crippen LogP contribution in [0, 0.1) is 10.8 Å². The Hall–Kier alpha value is 0.0649. The van der Waals surface area contributed by atoms with Gasteiger partial charge in [-0.1, -0.05) is 66.6 Å². The van der Waals surface area contributed by atoms with Gasteiger partial charge < -0.3 is 0 Å². The summed E-state index contributed by atoms with van der Waals surface area (Å²) >= 11 is 0. The predicted molar refractivity (Wildman–Crippen MR) is 76.1 cm³/mol. The van der Waals surface area contributed by atoms with E-state index in [2.05, 4.69) is 27.7 Å². The molecular weight excluding hydrogens is 191 g/mol. The molecule has 1 fully saturated rings. The highest BCUT2D eigenvalue weighted by Gasteiger charge is 2.41. The van der Waals surface area contributed by atoms with Crippen LogP contribution < -0.4 is 0 Å². The lowest BCUT2D eigenvalue weighted by Crippen LogP contribution is -2.37. The first-order chi connectivity index (χ1) is 7.41. The summed E-state index contributed by atoms with van der Waals surface area (Å²) in [5, 5.41) is 0. The molecular formula is C15H31B. The molecule has 0 heterocycles. The molecule has 0 unspecified atom stereocenters. The quantitative estimate of drug-likeness (QED) is 0.562. The van der Waals surface area contributed by atoms with Crippen molar-refractivity contribution in [1.29, 1.82) is 0 Å². The van der Waals surface area contributed by atoms with Crippen molar-refractivity contribution in [2.75, 3.05) is 0 Å². The van der Waals surface area contributed by atoms with Crippen molar-refractivity contribution < 1.29 is 0 Å². The Morgan fingerprint density at radius 1 is 1.19 bits per heavy atom. The summed E-state index contributed by atoms with van der Waals surface area (Å²) in [5.74, 6) is 0.473. The fourth-order valence-corrected chi connectivity index (χ4v) is 2.88. The largest absolute Gasteiger partial charge is 0.0773 e. The maximum atomic E-state index is 5.97. The van der Waals surface area contributed by atoms with Crippen LogP contribution in [0.25, 0.3) is 0 Å². The van der Waals surface area contributed by atoms with Gasteiger partial charge in [-0.25, -0.2) is 0 Å². The lowest BCUT2D eigenvalue weighted by Gasteiger charge is -2.48. The topological polar surface area (TPSA) is 0 Å². The summed E-state index contributed by atoms with van der Waals surface area (Å²) in [6, 6.07) is 0. The highest BCUT2D eigenvalue weighted by molar-refractivity contribution is 6.11. The smallest absolute Gasteiger partial charge is 0.0699 e. The summed E-state index contributed by atoms with van der Waals surface area (Å²) in [6.45, 7) is 13.6. The summed E-state index contributed by atoms with van der Waals surface area (Å²) in [5.41, 5.74) is 1.01. The lowest BCUT2D eigenvalue weighted by molar-refractivity contribution is 0.0359. The Bertz CT molecular complexity index is 176. The molecule has 0 bridgehead atoms. The minimum atomic E-state index is 0.473. The molecule has 1 rings (SSSR count). The zero-order valence-electron chi connectivity index (χ0n) is 12.4. The molecule has 1 saturated carbocycles. The van der Waals surface area contributed by atoms with E-state index in [1.54, 1.807) is 0 Å². The van der Waals surface area contributed by atoms with E-state index in [0.717, 1.165) is 0 Å². The van der Waals surface area contributed by atoms with Crippen LogP contribution in [0.15, 0.2) is 0 Å². The van der Waals surface area contributed by atoms with Crippen LogP contribution in [-0.4, -0.2) is 7.85 Å². The summed E-state index contributed by atoms with van der Waals surface area (Å²) < 4.78 is 0. The lowest BCUT2D eigenvalue weighted by atomic mass is 9.55. The Morgan fingerprint density at radius 3 is 2.00 bits per heavy atom. The number of rotatable bonds is 3. The summed E-state index contributed by atoms with van der Waals surface area (Å²) in [4.78, 5) is 0. The van der Waals surface area contributed by atoms with Gasteiger partial charge in [0, 0.05) is 0 Å². The van der Waals surface area contributed by atoms with Crippen molar-refractivity contribution in [1.82, 2.24) is 0 Å². The average Bonchev–Trinajstić information content (AvgIpc) is 2.25. The Morgan fingerprint density at radius 2 is 1.62 bits per heavy atom. The van der Waals surface area contributed by atoms with Gasteiger partial charge in [0.15, 0.2) is 0 Å². The van der Waals surface area contributed by atoms with Gasteiger partial charge in [0.2, 0.25) is 0 Å². The second-order valence-corrected chi connectivity index (χ2v) is 6.03. The van der Waals surface area contributed by atoms with Gasteiger partial charge in [-0.3, -0.25) is 0 Å². The first-order valence-corrected chi connectivity index (χ1v) is 7.17. The second-order valence-electron chi connectivity index (χ2n) is 6.03. The molecule has 0 spiro atoms. The van der Waals surface area contributed by atoms with Gasteiger partial charge in [0.1, 0.15) is 0 Å². The van der Waals surface area contributed by atoms with E-state index in [1.807, 2.05) is 13.8 Å². The van der Waals surface area contributed by atoms with Crippen molar-refractivity contribution in [3.8, 4) is 0 Å². The molecule has 1 aliphatic carbocycles. The molecule has 94 valence electrons. The molecule has 1 heteroatoms. The fourth-order valence-electron chi connectivity index (χ4n) is 2.88. The fraction of sp³-hybridized carbons (Fsp3) is 1.00. The number of hydrogen-bond donors (Lipinski definition) is 0. The molecule has 0 nitrogen and oxygen atoms in total. The van der Waals surface area contributed by atoms with Gasteiger partial charge in [-0.05, 0) is 30.1 Å². The third kappa shape index (κ3) is 3.82. The van der Waals surface area contributed by atoms with Crippen molar-refractivity contribution in [2.45, 2.75) is 85.9 Å². The minimum absolute atomic E-state index is 0.473. The van der Waals surface area contributed by atoms with Gasteiger partial charge in [0.25, 0.3) is 0 Å². The Labute approximate surface area is 105 Å². The number of hydrogen-bond acceptors (Lipinski definition) is 0. The molecule has 0 amide bonds. The van der Waals surface area contributed by atoms with E-state index in [1.165, 1.54) is 38.5 Å². The van der Waals surface area contributed by atoms with Crippen molar-refractivity contribution in [3.63, 3.8) is 0 Å². The zero-order chi connectivity index (χ0) is 12.8. The van der Waals surface area contributed by atoms with Crippen LogP contribution in [0.1, 0.15) is 80.1 Å². The highest BCUT2D eigenvalue weighted by Crippen LogP contribution is 2.53. The van der Waals surface area contributed by atoms with Crippen LogP contribution in [0.5, 0.6) is 0 Å². The zero-order valence-corrected chi connectivity index (χ0v) is 12.4. The minimum Gasteiger partial charge on any atom is -0.0773 e. The van der Waals surface area contributed by atoms with Gasteiger partial charge >= 0.3 is 0 Å². The standard InChI is InChI=1S/C13H25B.C2H6/c1-5-8-12(2,3)13(4)9-6-11(14)7-10-13;1-2/h11H,5-10H2,1-4H3;1-2H3. The molecule has 0 aromatic heterocycles. The summed E-state index contributed by atoms with van der Waals surface area (Å²) in [6.07, 6.45) is 7.74. The Kier molecular flexibility index (Phi) is 6.74. The summed E-state index contributed by atoms with van der Waals surface area (Å²) in [7, 11) is 5.97. The van der Waals surface area contributed by atoms with Gasteiger partial charge in [-0.2, -0.15) is 0 Å². The molecule has 0 atom stereocenters. The molecule has 0 aliphatic heterocycles. The molecule has 2 radical (unpaired) electrons. The second kappa shape index (κ2) is 6.72. The third-order valence-electron chi connectivity index (χ3n) is 4.64. The Balaban J connectivity index is 0.00000106. The first kappa shape index (κ1) is 16.1. The molecule has 16 heavy (non-hydrogen) atoms. The molecule has 0 saturated heterocycles. The van der Waals surface area contributed by atoms with E-state index in [-0.39, 0.29) is 0 Å². The first-order valence-electron chi connectivity index (χ1n) is 7.17. The van der Waals surface area contributed by atoms with Crippen molar-refractivity contribution >= 4 is 7.85 Å². The van der Waals surface area contributed by atoms with Crippen molar-refractivity contribution in [2.24, 2.45) is 10.8 Å². The van der Waals surface area contributed by atoms with Gasteiger partial charge in [-0.15, -0.1) is 0 Å². The molecule has 0 N–H and O–H groups in total. The van der Waals surface area contributed by atoms with Crippen LogP contribution in [0.4, 0.5) is 0 Å². The third-order valence-corrected chi connectivity index (χ3v) is 4.64.